The van der Waals surface area contributed by atoms with E-state index in [-0.39, 0.29) is 11.8 Å². The molecule has 2 N–H and O–H groups in total. The van der Waals surface area contributed by atoms with Crippen LogP contribution in [0.15, 0.2) is 79.0 Å². The summed E-state index contributed by atoms with van der Waals surface area (Å²) in [6, 6.07) is 24.1. The minimum Gasteiger partial charge on any atom is -0.367 e. The first-order valence-electron chi connectivity index (χ1n) is 9.93. The van der Waals surface area contributed by atoms with E-state index >= 15 is 0 Å². The molecule has 142 valence electrons. The van der Waals surface area contributed by atoms with E-state index in [1.807, 2.05) is 72.8 Å². The Hall–Kier alpha value is -3.14. The van der Waals surface area contributed by atoms with Gasteiger partial charge in [-0.15, -0.1) is 0 Å². The SMILES string of the molecule is O=C(Nc1ccc(NC2CCCC2)nc1)C(c1ccccc1)c1ccccc1. The second kappa shape index (κ2) is 8.70. The molecule has 0 bridgehead atoms. The molecule has 0 atom stereocenters. The topological polar surface area (TPSA) is 54.0 Å². The number of carbonyl (C=O) groups excluding carboxylic acids is 1. The Morgan fingerprint density at radius 1 is 0.857 bits per heavy atom. The summed E-state index contributed by atoms with van der Waals surface area (Å²) in [7, 11) is 0. The fourth-order valence-electron chi connectivity index (χ4n) is 3.83. The van der Waals surface area contributed by atoms with Crippen molar-refractivity contribution in [3.05, 3.63) is 90.1 Å². The number of pyridine rings is 1. The number of hydrogen-bond donors (Lipinski definition) is 2. The summed E-state index contributed by atoms with van der Waals surface area (Å²) in [5.74, 6) is 0.446. The molecule has 1 heterocycles. The van der Waals surface area contributed by atoms with E-state index < -0.39 is 0 Å². The van der Waals surface area contributed by atoms with Gasteiger partial charge in [0.15, 0.2) is 0 Å². The van der Waals surface area contributed by atoms with Gasteiger partial charge in [-0.3, -0.25) is 4.79 Å². The average molecular weight is 371 g/mol. The van der Waals surface area contributed by atoms with E-state index in [4.69, 9.17) is 0 Å². The molecule has 4 rings (SSSR count). The van der Waals surface area contributed by atoms with Crippen LogP contribution in [0.2, 0.25) is 0 Å². The largest absolute Gasteiger partial charge is 0.367 e. The number of carbonyl (C=O) groups is 1. The number of nitrogens with zero attached hydrogens (tertiary/aromatic N) is 1. The lowest BCUT2D eigenvalue weighted by Crippen LogP contribution is -2.22. The standard InChI is InChI=1S/C24H25N3O/c28-24(23(18-9-3-1-4-10-18)19-11-5-2-6-12-19)27-21-15-16-22(25-17-21)26-20-13-7-8-14-20/h1-6,9-12,15-17,20,23H,7-8,13-14H2,(H,25,26)(H,27,28). The zero-order chi connectivity index (χ0) is 19.2. The predicted octanol–water partition coefficient (Wildman–Crippen LogP) is 5.21. The molecule has 2 aromatic carbocycles. The summed E-state index contributed by atoms with van der Waals surface area (Å²) in [5, 5.41) is 6.50. The molecule has 1 saturated carbocycles. The molecule has 0 unspecified atom stereocenters. The molecule has 1 aliphatic carbocycles. The maximum absolute atomic E-state index is 13.1. The van der Waals surface area contributed by atoms with Gasteiger partial charge in [0, 0.05) is 6.04 Å². The van der Waals surface area contributed by atoms with Gasteiger partial charge in [-0.2, -0.15) is 0 Å². The molecule has 1 amide bonds. The van der Waals surface area contributed by atoms with Crippen LogP contribution < -0.4 is 10.6 Å². The fourth-order valence-corrected chi connectivity index (χ4v) is 3.83. The van der Waals surface area contributed by atoms with E-state index in [1.54, 1.807) is 6.20 Å². The Labute approximate surface area is 166 Å². The summed E-state index contributed by atoms with van der Waals surface area (Å²) in [6.45, 7) is 0. The molecule has 0 spiro atoms. The third kappa shape index (κ3) is 4.39. The Bertz CT molecular complexity index is 849. The van der Waals surface area contributed by atoms with Crippen molar-refractivity contribution in [2.45, 2.75) is 37.6 Å². The van der Waals surface area contributed by atoms with Crippen LogP contribution >= 0.6 is 0 Å². The van der Waals surface area contributed by atoms with Gasteiger partial charge in [-0.25, -0.2) is 4.98 Å². The van der Waals surface area contributed by atoms with Gasteiger partial charge >= 0.3 is 0 Å². The minimum atomic E-state index is -0.362. The Kier molecular flexibility index (Phi) is 5.66. The van der Waals surface area contributed by atoms with Crippen LogP contribution in [0, 0.1) is 0 Å². The second-order valence-electron chi connectivity index (χ2n) is 7.30. The van der Waals surface area contributed by atoms with Gasteiger partial charge in [-0.1, -0.05) is 73.5 Å². The number of nitrogens with one attached hydrogen (secondary N) is 2. The van der Waals surface area contributed by atoms with Gasteiger partial charge in [-0.05, 0) is 36.1 Å². The van der Waals surface area contributed by atoms with Crippen LogP contribution in [0.5, 0.6) is 0 Å². The molecule has 4 nitrogen and oxygen atoms in total. The number of hydrogen-bond acceptors (Lipinski definition) is 3. The third-order valence-electron chi connectivity index (χ3n) is 5.27. The lowest BCUT2D eigenvalue weighted by molar-refractivity contribution is -0.116. The Morgan fingerprint density at radius 2 is 1.46 bits per heavy atom. The van der Waals surface area contributed by atoms with E-state index in [2.05, 4.69) is 15.6 Å². The minimum absolute atomic E-state index is 0.0595. The van der Waals surface area contributed by atoms with Crippen LogP contribution in [-0.4, -0.2) is 16.9 Å². The summed E-state index contributed by atoms with van der Waals surface area (Å²) >= 11 is 0. The first-order chi connectivity index (χ1) is 13.8. The van der Waals surface area contributed by atoms with Crippen molar-refractivity contribution in [3.63, 3.8) is 0 Å². The molecular formula is C24H25N3O. The van der Waals surface area contributed by atoms with Crippen LogP contribution in [0.4, 0.5) is 11.5 Å². The molecule has 3 aromatic rings. The lowest BCUT2D eigenvalue weighted by atomic mass is 9.90. The summed E-state index contributed by atoms with van der Waals surface area (Å²) in [5.41, 5.74) is 2.65. The summed E-state index contributed by atoms with van der Waals surface area (Å²) < 4.78 is 0. The monoisotopic (exact) mass is 371 g/mol. The van der Waals surface area contributed by atoms with Crippen LogP contribution in [0.3, 0.4) is 0 Å². The highest BCUT2D eigenvalue weighted by Gasteiger charge is 2.22. The van der Waals surface area contributed by atoms with Crippen molar-refractivity contribution >= 4 is 17.4 Å². The number of benzene rings is 2. The molecule has 1 fully saturated rings. The molecular weight excluding hydrogens is 346 g/mol. The van der Waals surface area contributed by atoms with Crippen LogP contribution in [-0.2, 0) is 4.79 Å². The van der Waals surface area contributed by atoms with Crippen molar-refractivity contribution in [1.29, 1.82) is 0 Å². The predicted molar refractivity (Wildman–Crippen MR) is 113 cm³/mol. The molecule has 28 heavy (non-hydrogen) atoms. The van der Waals surface area contributed by atoms with E-state index in [0.29, 0.717) is 11.7 Å². The molecule has 4 heteroatoms. The van der Waals surface area contributed by atoms with Crippen LogP contribution in [0.1, 0.15) is 42.7 Å². The molecule has 1 aliphatic rings. The summed E-state index contributed by atoms with van der Waals surface area (Å²) in [4.78, 5) is 17.6. The van der Waals surface area contributed by atoms with Gasteiger partial charge < -0.3 is 10.6 Å². The van der Waals surface area contributed by atoms with E-state index in [1.165, 1.54) is 25.7 Å². The van der Waals surface area contributed by atoms with Crippen molar-refractivity contribution in [2.24, 2.45) is 0 Å². The Balaban J connectivity index is 1.49. The highest BCUT2D eigenvalue weighted by Crippen LogP contribution is 2.27. The zero-order valence-electron chi connectivity index (χ0n) is 15.8. The van der Waals surface area contributed by atoms with Gasteiger partial charge in [0.2, 0.25) is 5.91 Å². The van der Waals surface area contributed by atoms with Gasteiger partial charge in [0.25, 0.3) is 0 Å². The van der Waals surface area contributed by atoms with Crippen molar-refractivity contribution in [3.8, 4) is 0 Å². The first-order valence-corrected chi connectivity index (χ1v) is 9.93. The van der Waals surface area contributed by atoms with E-state index in [0.717, 1.165) is 16.9 Å². The number of rotatable bonds is 6. The highest BCUT2D eigenvalue weighted by atomic mass is 16.1. The second-order valence-corrected chi connectivity index (χ2v) is 7.30. The number of aromatic nitrogens is 1. The number of anilines is 2. The third-order valence-corrected chi connectivity index (χ3v) is 5.27. The molecule has 0 radical (unpaired) electrons. The zero-order valence-corrected chi connectivity index (χ0v) is 15.8. The normalized spacial score (nSPS) is 14.2. The molecule has 0 aliphatic heterocycles. The molecule has 0 saturated heterocycles. The quantitative estimate of drug-likeness (QED) is 0.626. The van der Waals surface area contributed by atoms with Crippen molar-refractivity contribution < 1.29 is 4.79 Å². The van der Waals surface area contributed by atoms with Gasteiger partial charge in [0.05, 0.1) is 17.8 Å². The van der Waals surface area contributed by atoms with Crippen molar-refractivity contribution in [1.82, 2.24) is 4.98 Å². The highest BCUT2D eigenvalue weighted by molar-refractivity contribution is 5.98. The van der Waals surface area contributed by atoms with E-state index in [9.17, 15) is 4.79 Å². The van der Waals surface area contributed by atoms with Crippen molar-refractivity contribution in [2.75, 3.05) is 10.6 Å². The number of amides is 1. The smallest absolute Gasteiger partial charge is 0.236 e. The maximum Gasteiger partial charge on any atom is 0.236 e. The summed E-state index contributed by atoms with van der Waals surface area (Å²) in [6.07, 6.45) is 6.70. The first kappa shape index (κ1) is 18.2. The maximum atomic E-state index is 13.1. The van der Waals surface area contributed by atoms with Gasteiger partial charge in [0.1, 0.15) is 5.82 Å². The fraction of sp³-hybridized carbons (Fsp3) is 0.250. The average Bonchev–Trinajstić information content (AvgIpc) is 3.24. The lowest BCUT2D eigenvalue weighted by Gasteiger charge is -2.18. The molecule has 1 aromatic heterocycles. The Morgan fingerprint density at radius 3 is 2.00 bits per heavy atom. The van der Waals surface area contributed by atoms with Crippen LogP contribution in [0.25, 0.3) is 0 Å².